The summed E-state index contributed by atoms with van der Waals surface area (Å²) in [6, 6.07) is 0. The van der Waals surface area contributed by atoms with Crippen molar-refractivity contribution in [3.8, 4) is 0 Å². The van der Waals surface area contributed by atoms with E-state index in [0.29, 0.717) is 4.88 Å². The number of ether oxygens (including phenoxy) is 1. The maximum atomic E-state index is 11.5. The predicted octanol–water partition coefficient (Wildman–Crippen LogP) is 2.16. The van der Waals surface area contributed by atoms with Crippen molar-refractivity contribution < 1.29 is 17.9 Å². The van der Waals surface area contributed by atoms with E-state index in [1.54, 1.807) is 13.8 Å². The van der Waals surface area contributed by atoms with Gasteiger partial charge in [-0.15, -0.1) is 11.3 Å². The number of hydrogen-bond acceptors (Lipinski definition) is 5. The Morgan fingerprint density at radius 2 is 2.20 bits per heavy atom. The second-order valence-corrected chi connectivity index (χ2v) is 6.31. The summed E-state index contributed by atoms with van der Waals surface area (Å²) in [6.07, 6.45) is 0. The molecular weight excluding hydrogens is 260 g/mol. The maximum absolute atomic E-state index is 11.5. The van der Waals surface area contributed by atoms with Crippen LogP contribution in [0.3, 0.4) is 0 Å². The molecule has 0 bridgehead atoms. The Hall–Kier alpha value is -0.590. The molecule has 0 aliphatic heterocycles. The minimum Gasteiger partial charge on any atom is -0.462 e. The number of aryl methyl sites for hydroxylation is 1. The molecule has 1 aromatic heterocycles. The van der Waals surface area contributed by atoms with Gasteiger partial charge in [-0.2, -0.15) is 0 Å². The first kappa shape index (κ1) is 12.5. The van der Waals surface area contributed by atoms with Crippen LogP contribution in [0.1, 0.15) is 22.2 Å². The average molecular weight is 269 g/mol. The fourth-order valence-corrected chi connectivity index (χ4v) is 3.48. The normalized spacial score (nSPS) is 11.4. The maximum Gasteiger partial charge on any atom is 0.340 e. The van der Waals surface area contributed by atoms with Crippen molar-refractivity contribution in [1.82, 2.24) is 0 Å². The zero-order chi connectivity index (χ0) is 11.6. The Balaban J connectivity index is 3.28. The number of esters is 1. The molecule has 1 rings (SSSR count). The van der Waals surface area contributed by atoms with Crippen molar-refractivity contribution in [3.63, 3.8) is 0 Å². The molecule has 1 aromatic rings. The van der Waals surface area contributed by atoms with Crippen molar-refractivity contribution in [2.75, 3.05) is 6.61 Å². The van der Waals surface area contributed by atoms with Crippen LogP contribution in [0.15, 0.2) is 10.3 Å². The highest BCUT2D eigenvalue weighted by atomic mass is 35.7. The van der Waals surface area contributed by atoms with Gasteiger partial charge in [0.25, 0.3) is 9.05 Å². The van der Waals surface area contributed by atoms with Gasteiger partial charge in [0.2, 0.25) is 0 Å². The summed E-state index contributed by atoms with van der Waals surface area (Å²) in [6.45, 7) is 3.48. The highest BCUT2D eigenvalue weighted by Gasteiger charge is 2.25. The van der Waals surface area contributed by atoms with Crippen molar-refractivity contribution >= 4 is 37.0 Å². The summed E-state index contributed by atoms with van der Waals surface area (Å²) in [5.74, 6) is -0.657. The molecule has 15 heavy (non-hydrogen) atoms. The number of rotatable bonds is 3. The van der Waals surface area contributed by atoms with E-state index in [2.05, 4.69) is 0 Å². The SMILES string of the molecule is CCOC(=O)c1c(S(=O)(=O)Cl)csc1C. The Kier molecular flexibility index (Phi) is 3.75. The number of thiophene rings is 1. The van der Waals surface area contributed by atoms with Crippen LogP contribution < -0.4 is 0 Å². The van der Waals surface area contributed by atoms with Gasteiger partial charge in [0.15, 0.2) is 0 Å². The van der Waals surface area contributed by atoms with E-state index in [1.165, 1.54) is 5.38 Å². The highest BCUT2D eigenvalue weighted by Crippen LogP contribution is 2.29. The Morgan fingerprint density at radius 3 is 2.67 bits per heavy atom. The summed E-state index contributed by atoms with van der Waals surface area (Å²) in [5, 5.41) is 1.34. The van der Waals surface area contributed by atoms with Gasteiger partial charge in [0.1, 0.15) is 4.90 Å². The van der Waals surface area contributed by atoms with Crippen molar-refractivity contribution in [2.45, 2.75) is 18.7 Å². The summed E-state index contributed by atoms with van der Waals surface area (Å²) in [4.78, 5) is 11.9. The largest absolute Gasteiger partial charge is 0.462 e. The second-order valence-electron chi connectivity index (χ2n) is 2.69. The lowest BCUT2D eigenvalue weighted by Crippen LogP contribution is -2.08. The van der Waals surface area contributed by atoms with Crippen molar-refractivity contribution in [2.24, 2.45) is 0 Å². The van der Waals surface area contributed by atoms with Gasteiger partial charge in [-0.1, -0.05) is 0 Å². The van der Waals surface area contributed by atoms with E-state index in [4.69, 9.17) is 15.4 Å². The molecule has 7 heteroatoms. The first-order valence-corrected chi connectivity index (χ1v) is 7.26. The van der Waals surface area contributed by atoms with Crippen molar-refractivity contribution in [3.05, 3.63) is 15.8 Å². The molecule has 0 spiro atoms. The lowest BCUT2D eigenvalue weighted by molar-refractivity contribution is 0.0522. The molecule has 1 heterocycles. The molecule has 0 unspecified atom stereocenters. The zero-order valence-corrected chi connectivity index (χ0v) is 10.5. The van der Waals surface area contributed by atoms with Crippen LogP contribution in [0.5, 0.6) is 0 Å². The lowest BCUT2D eigenvalue weighted by Gasteiger charge is -2.02. The smallest absolute Gasteiger partial charge is 0.340 e. The van der Waals surface area contributed by atoms with E-state index < -0.39 is 15.0 Å². The van der Waals surface area contributed by atoms with Gasteiger partial charge in [-0.25, -0.2) is 13.2 Å². The molecule has 0 saturated carbocycles. The summed E-state index contributed by atoms with van der Waals surface area (Å²) < 4.78 is 27.0. The lowest BCUT2D eigenvalue weighted by atomic mass is 10.3. The molecule has 84 valence electrons. The fourth-order valence-electron chi connectivity index (χ4n) is 1.06. The van der Waals surface area contributed by atoms with Gasteiger partial charge in [0, 0.05) is 20.9 Å². The number of hydrogen-bond donors (Lipinski definition) is 0. The van der Waals surface area contributed by atoms with Gasteiger partial charge >= 0.3 is 5.97 Å². The minimum absolute atomic E-state index is 0.0388. The highest BCUT2D eigenvalue weighted by molar-refractivity contribution is 8.13. The zero-order valence-electron chi connectivity index (χ0n) is 8.11. The van der Waals surface area contributed by atoms with Crippen molar-refractivity contribution in [1.29, 1.82) is 0 Å². The first-order chi connectivity index (χ1) is 6.88. The number of carbonyl (C=O) groups is 1. The third-order valence-electron chi connectivity index (χ3n) is 1.68. The summed E-state index contributed by atoms with van der Waals surface area (Å²) >= 11 is 1.15. The average Bonchev–Trinajstić information content (AvgIpc) is 2.46. The topological polar surface area (TPSA) is 60.4 Å². The molecule has 0 fully saturated rings. The van der Waals surface area contributed by atoms with Crippen LogP contribution in [0.2, 0.25) is 0 Å². The molecular formula is C8H9ClO4S2. The van der Waals surface area contributed by atoms with Crippen LogP contribution in [-0.2, 0) is 13.8 Å². The monoisotopic (exact) mass is 268 g/mol. The van der Waals surface area contributed by atoms with E-state index >= 15 is 0 Å². The molecule has 0 radical (unpaired) electrons. The fraction of sp³-hybridized carbons (Fsp3) is 0.375. The van der Waals surface area contributed by atoms with E-state index in [1.807, 2.05) is 0 Å². The third kappa shape index (κ3) is 2.70. The van der Waals surface area contributed by atoms with Crippen LogP contribution in [-0.4, -0.2) is 21.0 Å². The predicted molar refractivity (Wildman–Crippen MR) is 58.1 cm³/mol. The standard InChI is InChI=1S/C8H9ClO4S2/c1-3-13-8(10)7-5(2)14-4-6(7)15(9,11)12/h4H,3H2,1-2H3. The Labute approximate surface area is 96.2 Å². The molecule has 0 amide bonds. The van der Waals surface area contributed by atoms with Gasteiger partial charge in [-0.3, -0.25) is 0 Å². The Morgan fingerprint density at radius 1 is 1.60 bits per heavy atom. The molecule has 0 aliphatic carbocycles. The van der Waals surface area contributed by atoms with Gasteiger partial charge in [-0.05, 0) is 13.8 Å². The van der Waals surface area contributed by atoms with Crippen LogP contribution in [0, 0.1) is 6.92 Å². The summed E-state index contributed by atoms with van der Waals surface area (Å²) in [5.41, 5.74) is 0.0388. The van der Waals surface area contributed by atoms with Crippen LogP contribution in [0.25, 0.3) is 0 Å². The number of carbonyl (C=O) groups excluding carboxylic acids is 1. The second kappa shape index (κ2) is 4.51. The van der Waals surface area contributed by atoms with E-state index in [-0.39, 0.29) is 17.1 Å². The van der Waals surface area contributed by atoms with E-state index in [9.17, 15) is 13.2 Å². The molecule has 0 aliphatic rings. The molecule has 0 saturated heterocycles. The quantitative estimate of drug-likeness (QED) is 0.623. The number of halogens is 1. The molecule has 4 nitrogen and oxygen atoms in total. The van der Waals surface area contributed by atoms with E-state index in [0.717, 1.165) is 11.3 Å². The van der Waals surface area contributed by atoms with Crippen LogP contribution >= 0.6 is 22.0 Å². The molecule has 0 aromatic carbocycles. The third-order valence-corrected chi connectivity index (χ3v) is 4.09. The van der Waals surface area contributed by atoms with Gasteiger partial charge in [0.05, 0.1) is 12.2 Å². The molecule has 0 atom stereocenters. The first-order valence-electron chi connectivity index (χ1n) is 4.07. The Bertz CT molecular complexity index is 475. The van der Waals surface area contributed by atoms with Crippen LogP contribution in [0.4, 0.5) is 0 Å². The minimum atomic E-state index is -3.89. The van der Waals surface area contributed by atoms with Gasteiger partial charge < -0.3 is 4.74 Å². The summed E-state index contributed by atoms with van der Waals surface area (Å²) in [7, 11) is 1.30. The molecule has 0 N–H and O–H groups in total.